The number of benzene rings is 1. The van der Waals surface area contributed by atoms with E-state index >= 15 is 0 Å². The predicted octanol–water partition coefficient (Wildman–Crippen LogP) is 2.61. The fourth-order valence-electron chi connectivity index (χ4n) is 2.87. The summed E-state index contributed by atoms with van der Waals surface area (Å²) in [7, 11) is -3.26. The first-order valence-electron chi connectivity index (χ1n) is 6.87. The lowest BCUT2D eigenvalue weighted by atomic mass is 9.86. The fraction of sp³-hybridized carbons (Fsp3) is 0.600. The Balaban J connectivity index is 2.06. The van der Waals surface area contributed by atoms with E-state index in [1.807, 2.05) is 31.2 Å². The average molecular weight is 282 g/mol. The van der Waals surface area contributed by atoms with Crippen LogP contribution in [0.15, 0.2) is 24.3 Å². The Morgan fingerprint density at radius 1 is 1.21 bits per heavy atom. The van der Waals surface area contributed by atoms with Gasteiger partial charge in [0.25, 0.3) is 0 Å². The van der Waals surface area contributed by atoms with Gasteiger partial charge in [-0.3, -0.25) is 0 Å². The zero-order chi connectivity index (χ0) is 13.9. The van der Waals surface area contributed by atoms with Crippen molar-refractivity contribution in [2.75, 3.05) is 5.75 Å². The van der Waals surface area contributed by atoms with Crippen molar-refractivity contribution in [1.29, 1.82) is 0 Å². The second-order valence-electron chi connectivity index (χ2n) is 5.81. The first-order valence-corrected chi connectivity index (χ1v) is 8.69. The van der Waals surface area contributed by atoms with E-state index in [0.717, 1.165) is 30.4 Å². The maximum Gasteiger partial charge on any atom is 0.157 e. The van der Waals surface area contributed by atoms with Crippen LogP contribution in [0.2, 0.25) is 0 Å². The van der Waals surface area contributed by atoms with Gasteiger partial charge in [0.15, 0.2) is 9.84 Å². The molecule has 4 heteroatoms. The molecule has 0 saturated heterocycles. The van der Waals surface area contributed by atoms with E-state index in [1.54, 1.807) is 0 Å². The molecule has 0 unspecified atom stereocenters. The summed E-state index contributed by atoms with van der Waals surface area (Å²) in [6.07, 6.45) is 4.17. The van der Waals surface area contributed by atoms with Gasteiger partial charge in [0.2, 0.25) is 0 Å². The Morgan fingerprint density at radius 2 is 1.89 bits per heavy atom. The van der Waals surface area contributed by atoms with Crippen LogP contribution in [0.5, 0.6) is 0 Å². The summed E-state index contributed by atoms with van der Waals surface area (Å²) in [5, 5.41) is 10.4. The zero-order valence-electron chi connectivity index (χ0n) is 11.4. The number of hydrogen-bond donors (Lipinski definition) is 1. The lowest BCUT2D eigenvalue weighted by molar-refractivity contribution is 0.0257. The summed E-state index contributed by atoms with van der Waals surface area (Å²) in [4.78, 5) is 0. The summed E-state index contributed by atoms with van der Waals surface area (Å²) in [5.41, 5.74) is 0.865. The summed E-state index contributed by atoms with van der Waals surface area (Å²) >= 11 is 0. The highest BCUT2D eigenvalue weighted by molar-refractivity contribution is 7.90. The van der Waals surface area contributed by atoms with Crippen molar-refractivity contribution >= 4 is 9.84 Å². The minimum absolute atomic E-state index is 0.0248. The molecule has 0 atom stereocenters. The largest absolute Gasteiger partial charge is 0.389 e. The maximum atomic E-state index is 12.2. The van der Waals surface area contributed by atoms with Crippen LogP contribution in [0.25, 0.3) is 0 Å². The minimum atomic E-state index is -3.26. The second kappa shape index (κ2) is 5.63. The fourth-order valence-corrected chi connectivity index (χ4v) is 4.77. The van der Waals surface area contributed by atoms with Crippen LogP contribution < -0.4 is 0 Å². The number of aryl methyl sites for hydroxylation is 1. The molecule has 0 heterocycles. The third kappa shape index (κ3) is 4.32. The lowest BCUT2D eigenvalue weighted by Crippen LogP contribution is -2.39. The molecule has 19 heavy (non-hydrogen) atoms. The Bertz CT molecular complexity index is 528. The van der Waals surface area contributed by atoms with Gasteiger partial charge in [-0.05, 0) is 25.3 Å². The molecule has 0 aliphatic heterocycles. The molecule has 2 rings (SSSR count). The van der Waals surface area contributed by atoms with Gasteiger partial charge >= 0.3 is 0 Å². The summed E-state index contributed by atoms with van der Waals surface area (Å²) in [6, 6.07) is 7.54. The van der Waals surface area contributed by atoms with E-state index in [9.17, 15) is 13.5 Å². The SMILES string of the molecule is Cc1cccc(CS(=O)(=O)CC2(O)CCCCC2)c1. The van der Waals surface area contributed by atoms with Crippen LogP contribution in [0.3, 0.4) is 0 Å². The third-order valence-electron chi connectivity index (χ3n) is 3.74. The Labute approximate surface area is 115 Å². The quantitative estimate of drug-likeness (QED) is 0.923. The normalized spacial score (nSPS) is 19.3. The molecule has 0 radical (unpaired) electrons. The van der Waals surface area contributed by atoms with Gasteiger partial charge in [0.05, 0.1) is 17.1 Å². The van der Waals surface area contributed by atoms with E-state index in [-0.39, 0.29) is 11.5 Å². The highest BCUT2D eigenvalue weighted by Crippen LogP contribution is 2.30. The Kier molecular flexibility index (Phi) is 4.31. The van der Waals surface area contributed by atoms with E-state index in [1.165, 1.54) is 0 Å². The van der Waals surface area contributed by atoms with Gasteiger partial charge in [-0.2, -0.15) is 0 Å². The van der Waals surface area contributed by atoms with Crippen LogP contribution in [0, 0.1) is 6.92 Å². The molecular weight excluding hydrogens is 260 g/mol. The molecule has 0 aromatic heterocycles. The molecule has 3 nitrogen and oxygen atoms in total. The van der Waals surface area contributed by atoms with E-state index in [0.29, 0.717) is 12.8 Å². The van der Waals surface area contributed by atoms with E-state index in [4.69, 9.17) is 0 Å². The Hall–Kier alpha value is -0.870. The standard InChI is InChI=1S/C15H22O3S/c1-13-6-5-7-14(10-13)11-19(17,18)12-15(16)8-3-2-4-9-15/h5-7,10,16H,2-4,8-9,11-12H2,1H3. The molecule has 106 valence electrons. The molecule has 0 spiro atoms. The molecule has 1 aromatic carbocycles. The van der Waals surface area contributed by atoms with Crippen LogP contribution in [-0.2, 0) is 15.6 Å². The molecule has 1 aliphatic carbocycles. The van der Waals surface area contributed by atoms with Gasteiger partial charge < -0.3 is 5.11 Å². The van der Waals surface area contributed by atoms with Crippen molar-refractivity contribution < 1.29 is 13.5 Å². The zero-order valence-corrected chi connectivity index (χ0v) is 12.2. The van der Waals surface area contributed by atoms with Crippen LogP contribution >= 0.6 is 0 Å². The van der Waals surface area contributed by atoms with Gasteiger partial charge in [-0.25, -0.2) is 8.42 Å². The molecule has 1 N–H and O–H groups in total. The molecule has 1 aliphatic rings. The van der Waals surface area contributed by atoms with Crippen molar-refractivity contribution in [2.24, 2.45) is 0 Å². The number of hydrogen-bond acceptors (Lipinski definition) is 3. The molecular formula is C15H22O3S. The number of sulfone groups is 1. The summed E-state index contributed by atoms with van der Waals surface area (Å²) in [5.74, 6) is -0.0784. The van der Waals surface area contributed by atoms with Crippen molar-refractivity contribution in [3.8, 4) is 0 Å². The van der Waals surface area contributed by atoms with Crippen molar-refractivity contribution in [3.63, 3.8) is 0 Å². The van der Waals surface area contributed by atoms with E-state index < -0.39 is 15.4 Å². The third-order valence-corrected chi connectivity index (χ3v) is 5.49. The first kappa shape index (κ1) is 14.5. The molecule has 1 aromatic rings. The van der Waals surface area contributed by atoms with Crippen LogP contribution in [0.1, 0.15) is 43.2 Å². The van der Waals surface area contributed by atoms with E-state index in [2.05, 4.69) is 0 Å². The average Bonchev–Trinajstić information content (AvgIpc) is 2.27. The lowest BCUT2D eigenvalue weighted by Gasteiger charge is -2.31. The van der Waals surface area contributed by atoms with Crippen LogP contribution in [0.4, 0.5) is 0 Å². The number of rotatable bonds is 4. The highest BCUT2D eigenvalue weighted by Gasteiger charge is 2.34. The summed E-state index contributed by atoms with van der Waals surface area (Å²) in [6.45, 7) is 1.95. The smallest absolute Gasteiger partial charge is 0.157 e. The first-order chi connectivity index (χ1) is 8.89. The van der Waals surface area contributed by atoms with Gasteiger partial charge in [0, 0.05) is 0 Å². The van der Waals surface area contributed by atoms with Crippen molar-refractivity contribution in [2.45, 2.75) is 50.4 Å². The Morgan fingerprint density at radius 3 is 2.53 bits per heavy atom. The van der Waals surface area contributed by atoms with Crippen molar-refractivity contribution in [1.82, 2.24) is 0 Å². The topological polar surface area (TPSA) is 54.4 Å². The second-order valence-corrected chi connectivity index (χ2v) is 7.87. The number of aliphatic hydroxyl groups is 1. The summed E-state index contributed by atoms with van der Waals surface area (Å²) < 4.78 is 24.4. The minimum Gasteiger partial charge on any atom is -0.389 e. The molecule has 0 amide bonds. The van der Waals surface area contributed by atoms with Gasteiger partial charge in [-0.1, -0.05) is 49.1 Å². The van der Waals surface area contributed by atoms with Crippen molar-refractivity contribution in [3.05, 3.63) is 35.4 Å². The van der Waals surface area contributed by atoms with Gasteiger partial charge in [0.1, 0.15) is 0 Å². The molecule has 0 bridgehead atoms. The molecule has 1 fully saturated rings. The van der Waals surface area contributed by atoms with Gasteiger partial charge in [-0.15, -0.1) is 0 Å². The highest BCUT2D eigenvalue weighted by atomic mass is 32.2. The molecule has 1 saturated carbocycles. The predicted molar refractivity (Wildman–Crippen MR) is 76.7 cm³/mol. The monoisotopic (exact) mass is 282 g/mol. The van der Waals surface area contributed by atoms with Crippen LogP contribution in [-0.4, -0.2) is 24.9 Å². The maximum absolute atomic E-state index is 12.2.